The fourth-order valence-electron chi connectivity index (χ4n) is 2.52. The van der Waals surface area contributed by atoms with Gasteiger partial charge in [0.15, 0.2) is 0 Å². The van der Waals surface area contributed by atoms with E-state index in [1.165, 1.54) is 0 Å². The summed E-state index contributed by atoms with van der Waals surface area (Å²) in [4.78, 5) is 16.3. The lowest BCUT2D eigenvalue weighted by molar-refractivity contribution is 0.0952. The minimum absolute atomic E-state index is 0.0754. The number of hydrogen-bond donors (Lipinski definition) is 3. The molecule has 2 aromatic heterocycles. The molecule has 0 aliphatic carbocycles. The molecule has 2 heterocycles. The smallest absolute Gasteiger partial charge is 0.267 e. The first-order chi connectivity index (χ1) is 11.8. The maximum atomic E-state index is 12.1. The van der Waals surface area contributed by atoms with Crippen molar-refractivity contribution in [1.29, 1.82) is 5.41 Å². The van der Waals surface area contributed by atoms with Crippen LogP contribution in [0.1, 0.15) is 55.4 Å². The number of ether oxygens (including phenoxy) is 1. The topological polar surface area (TPSA) is 106 Å². The zero-order chi connectivity index (χ0) is 18.7. The van der Waals surface area contributed by atoms with Crippen LogP contribution in [0.3, 0.4) is 0 Å². The Hall–Kier alpha value is -2.83. The van der Waals surface area contributed by atoms with E-state index in [-0.39, 0.29) is 23.8 Å². The molecule has 0 aliphatic heterocycles. The quantitative estimate of drug-likeness (QED) is 0.701. The van der Waals surface area contributed by atoms with Gasteiger partial charge in [-0.2, -0.15) is 0 Å². The first kappa shape index (κ1) is 18.5. The highest BCUT2D eigenvalue weighted by Gasteiger charge is 2.21. The van der Waals surface area contributed by atoms with Crippen LogP contribution in [0.25, 0.3) is 0 Å². The number of nitrogens with one attached hydrogen (secondary N) is 2. The van der Waals surface area contributed by atoms with Crippen LogP contribution in [0.15, 0.2) is 24.5 Å². The number of nitrogens with zero attached hydrogens (tertiary/aromatic N) is 2. The molecular weight excluding hydrogens is 318 g/mol. The average Bonchev–Trinajstić information content (AvgIpc) is 2.99. The van der Waals surface area contributed by atoms with Gasteiger partial charge in [-0.05, 0) is 39.8 Å². The van der Waals surface area contributed by atoms with E-state index >= 15 is 0 Å². The van der Waals surface area contributed by atoms with Crippen molar-refractivity contribution in [3.05, 3.63) is 41.3 Å². The van der Waals surface area contributed by atoms with E-state index in [1.807, 2.05) is 32.3 Å². The molecular formula is C18H25N5O2. The molecule has 2 rings (SSSR count). The van der Waals surface area contributed by atoms with Gasteiger partial charge in [0.2, 0.25) is 5.88 Å². The minimum atomic E-state index is -0.203. The van der Waals surface area contributed by atoms with Crippen molar-refractivity contribution in [1.82, 2.24) is 14.9 Å². The van der Waals surface area contributed by atoms with E-state index in [9.17, 15) is 4.79 Å². The molecule has 0 radical (unpaired) electrons. The monoisotopic (exact) mass is 343 g/mol. The Labute approximate surface area is 147 Å². The second kappa shape index (κ2) is 7.38. The maximum absolute atomic E-state index is 12.1. The van der Waals surface area contributed by atoms with E-state index in [1.54, 1.807) is 31.6 Å². The number of anilines is 1. The third-order valence-corrected chi connectivity index (χ3v) is 3.70. The molecule has 0 spiro atoms. The van der Waals surface area contributed by atoms with Crippen LogP contribution in [0.4, 0.5) is 5.69 Å². The predicted molar refractivity (Wildman–Crippen MR) is 98.6 cm³/mol. The van der Waals surface area contributed by atoms with E-state index in [2.05, 4.69) is 10.3 Å². The molecule has 0 saturated carbocycles. The first-order valence-corrected chi connectivity index (χ1v) is 8.20. The second-order valence-corrected chi connectivity index (χ2v) is 6.32. The van der Waals surface area contributed by atoms with Crippen molar-refractivity contribution in [2.45, 2.75) is 39.8 Å². The number of rotatable bonds is 6. The lowest BCUT2D eigenvalue weighted by Gasteiger charge is -2.15. The van der Waals surface area contributed by atoms with Crippen molar-refractivity contribution < 1.29 is 9.53 Å². The van der Waals surface area contributed by atoms with Crippen molar-refractivity contribution >= 4 is 17.3 Å². The van der Waals surface area contributed by atoms with Crippen LogP contribution in [0.5, 0.6) is 5.88 Å². The van der Waals surface area contributed by atoms with Gasteiger partial charge < -0.3 is 20.4 Å². The summed E-state index contributed by atoms with van der Waals surface area (Å²) >= 11 is 0. The fraction of sp³-hybridized carbons (Fsp3) is 0.389. The van der Waals surface area contributed by atoms with Crippen molar-refractivity contribution in [2.24, 2.45) is 0 Å². The third-order valence-electron chi connectivity index (χ3n) is 3.70. The van der Waals surface area contributed by atoms with Crippen LogP contribution in [0, 0.1) is 5.41 Å². The van der Waals surface area contributed by atoms with Gasteiger partial charge in [-0.3, -0.25) is 10.2 Å². The van der Waals surface area contributed by atoms with Crippen LogP contribution in [0.2, 0.25) is 0 Å². The highest BCUT2D eigenvalue weighted by molar-refractivity contribution is 6.16. The number of aromatic nitrogens is 2. The largest absolute Gasteiger partial charge is 0.474 e. The number of pyridine rings is 1. The van der Waals surface area contributed by atoms with E-state index in [0.717, 1.165) is 0 Å². The van der Waals surface area contributed by atoms with Gasteiger partial charge in [0, 0.05) is 36.7 Å². The van der Waals surface area contributed by atoms with Crippen molar-refractivity contribution in [3.63, 3.8) is 0 Å². The standard InChI is InChI=1S/C18H25N5O2/c1-10(2)23-9-12(8-14(23)17(24)21-5)16(20)15-13(19)6-7-22-18(15)25-11(3)4/h6-11,20H,1-5H3,(H2,19,22)(H,21,24). The summed E-state index contributed by atoms with van der Waals surface area (Å²) < 4.78 is 7.54. The number of carbonyl (C=O) groups excluding carboxylic acids is 1. The molecule has 134 valence electrons. The van der Waals surface area contributed by atoms with Crippen molar-refractivity contribution in [2.75, 3.05) is 12.8 Å². The molecule has 0 aliphatic rings. The molecule has 4 N–H and O–H groups in total. The summed E-state index contributed by atoms with van der Waals surface area (Å²) in [6.07, 6.45) is 3.24. The summed E-state index contributed by atoms with van der Waals surface area (Å²) in [7, 11) is 1.58. The summed E-state index contributed by atoms with van der Waals surface area (Å²) in [6.45, 7) is 7.73. The Morgan fingerprint density at radius 3 is 2.60 bits per heavy atom. The fourth-order valence-corrected chi connectivity index (χ4v) is 2.52. The van der Waals surface area contributed by atoms with Crippen LogP contribution in [-0.4, -0.2) is 34.3 Å². The highest BCUT2D eigenvalue weighted by atomic mass is 16.5. The molecule has 2 aromatic rings. The number of hydrogen-bond acceptors (Lipinski definition) is 5. The predicted octanol–water partition coefficient (Wildman–Crippen LogP) is 2.61. The zero-order valence-corrected chi connectivity index (χ0v) is 15.3. The van der Waals surface area contributed by atoms with Gasteiger partial charge >= 0.3 is 0 Å². The highest BCUT2D eigenvalue weighted by Crippen LogP contribution is 2.27. The van der Waals surface area contributed by atoms with Gasteiger partial charge in [-0.25, -0.2) is 4.98 Å². The van der Waals surface area contributed by atoms with Crippen LogP contribution < -0.4 is 15.8 Å². The Morgan fingerprint density at radius 1 is 1.36 bits per heavy atom. The molecule has 0 atom stereocenters. The molecule has 25 heavy (non-hydrogen) atoms. The lowest BCUT2D eigenvalue weighted by atomic mass is 10.0. The average molecular weight is 343 g/mol. The van der Waals surface area contributed by atoms with Crippen molar-refractivity contribution in [3.8, 4) is 5.88 Å². The molecule has 0 fully saturated rings. The van der Waals surface area contributed by atoms with Gasteiger partial charge in [-0.1, -0.05) is 0 Å². The molecule has 0 aromatic carbocycles. The number of carbonyl (C=O) groups is 1. The molecule has 7 heteroatoms. The summed E-state index contributed by atoms with van der Waals surface area (Å²) in [6, 6.07) is 3.40. The number of amides is 1. The van der Waals surface area contributed by atoms with Crippen LogP contribution in [-0.2, 0) is 0 Å². The summed E-state index contributed by atoms with van der Waals surface area (Å²) in [5, 5.41) is 11.2. The number of nitrogens with two attached hydrogens (primary N) is 1. The van der Waals surface area contributed by atoms with Gasteiger partial charge in [0.1, 0.15) is 5.69 Å². The minimum Gasteiger partial charge on any atom is -0.474 e. The molecule has 0 bridgehead atoms. The second-order valence-electron chi connectivity index (χ2n) is 6.32. The zero-order valence-electron chi connectivity index (χ0n) is 15.3. The van der Waals surface area contributed by atoms with E-state index in [4.69, 9.17) is 15.9 Å². The van der Waals surface area contributed by atoms with Gasteiger partial charge in [0.25, 0.3) is 5.91 Å². The molecule has 1 amide bonds. The Morgan fingerprint density at radius 2 is 2.04 bits per heavy atom. The third kappa shape index (κ3) is 3.81. The molecule has 0 unspecified atom stereocenters. The lowest BCUT2D eigenvalue weighted by Crippen LogP contribution is -2.22. The maximum Gasteiger partial charge on any atom is 0.267 e. The SMILES string of the molecule is CNC(=O)c1cc(C(=N)c2c(N)ccnc2OC(C)C)cn1C(C)C. The van der Waals surface area contributed by atoms with E-state index in [0.29, 0.717) is 28.4 Å². The molecule has 7 nitrogen and oxygen atoms in total. The Kier molecular flexibility index (Phi) is 5.46. The van der Waals surface area contributed by atoms with E-state index < -0.39 is 0 Å². The number of nitrogen functional groups attached to an aromatic ring is 1. The summed E-state index contributed by atoms with van der Waals surface area (Å²) in [5.74, 6) is 0.115. The Bertz CT molecular complexity index is 793. The van der Waals surface area contributed by atoms with Crippen LogP contribution >= 0.6 is 0 Å². The Balaban J connectivity index is 2.54. The first-order valence-electron chi connectivity index (χ1n) is 8.20. The molecule has 0 saturated heterocycles. The van der Waals surface area contributed by atoms with Gasteiger partial charge in [0.05, 0.1) is 17.4 Å². The van der Waals surface area contributed by atoms with Gasteiger partial charge in [-0.15, -0.1) is 0 Å². The normalized spacial score (nSPS) is 11.0. The summed E-state index contributed by atoms with van der Waals surface area (Å²) in [5.41, 5.74) is 8.17.